The van der Waals surface area contributed by atoms with Gasteiger partial charge in [0, 0.05) is 19.2 Å². The van der Waals surface area contributed by atoms with E-state index in [2.05, 4.69) is 5.32 Å². The Morgan fingerprint density at radius 3 is 2.56 bits per heavy atom. The molecular weight excluding hydrogens is 442 g/mol. The Balaban J connectivity index is 1.35. The van der Waals surface area contributed by atoms with E-state index < -0.39 is 23.4 Å². The van der Waals surface area contributed by atoms with Gasteiger partial charge in [-0.25, -0.2) is 4.79 Å². The molecule has 1 amide bonds. The van der Waals surface area contributed by atoms with Gasteiger partial charge in [-0.2, -0.15) is 0 Å². The summed E-state index contributed by atoms with van der Waals surface area (Å²) >= 11 is 0. The molecule has 1 saturated heterocycles. The fraction of sp³-hybridized carbons (Fsp3) is 0.417. The number of carbonyl (C=O) groups is 2. The molecule has 10 heteroatoms. The Labute approximate surface area is 196 Å². The lowest BCUT2D eigenvalue weighted by Crippen LogP contribution is -2.31. The van der Waals surface area contributed by atoms with Gasteiger partial charge < -0.3 is 24.4 Å². The van der Waals surface area contributed by atoms with Crippen LogP contribution in [0.5, 0.6) is 11.5 Å². The molecule has 2 aliphatic heterocycles. The largest absolute Gasteiger partial charge is 0.486 e. The van der Waals surface area contributed by atoms with Crippen molar-refractivity contribution in [1.29, 1.82) is 0 Å². The van der Waals surface area contributed by atoms with Crippen molar-refractivity contribution in [2.45, 2.75) is 32.2 Å². The van der Waals surface area contributed by atoms with Crippen LogP contribution in [0.25, 0.3) is 0 Å². The SMILES string of the molecule is CC(NC(=O)COC(=O)c1ccc(N2CCCCC2)c([N+](=O)[O-])c1)c1ccc2c(c1)OCCO2. The maximum Gasteiger partial charge on any atom is 0.338 e. The van der Waals surface area contributed by atoms with Crippen molar-refractivity contribution < 1.29 is 28.7 Å². The van der Waals surface area contributed by atoms with Crippen molar-refractivity contribution in [1.82, 2.24) is 5.32 Å². The Morgan fingerprint density at radius 1 is 1.09 bits per heavy atom. The predicted octanol–water partition coefficient (Wildman–Crippen LogP) is 3.39. The number of nitrogens with zero attached hydrogens (tertiary/aromatic N) is 2. The molecule has 2 aromatic carbocycles. The summed E-state index contributed by atoms with van der Waals surface area (Å²) in [6.07, 6.45) is 3.05. The number of fused-ring (bicyclic) bond motifs is 1. The summed E-state index contributed by atoms with van der Waals surface area (Å²) in [5, 5.41) is 14.4. The molecule has 10 nitrogen and oxygen atoms in total. The number of nitro groups is 1. The smallest absolute Gasteiger partial charge is 0.338 e. The topological polar surface area (TPSA) is 120 Å². The third-order valence-corrected chi connectivity index (χ3v) is 5.88. The minimum atomic E-state index is -0.796. The number of benzene rings is 2. The number of hydrogen-bond acceptors (Lipinski definition) is 8. The molecule has 0 radical (unpaired) electrons. The van der Waals surface area contributed by atoms with Crippen LogP contribution in [0.1, 0.15) is 48.1 Å². The summed E-state index contributed by atoms with van der Waals surface area (Å²) < 4.78 is 16.2. The van der Waals surface area contributed by atoms with Crippen molar-refractivity contribution in [2.24, 2.45) is 0 Å². The van der Waals surface area contributed by atoms with Crippen LogP contribution in [0.15, 0.2) is 36.4 Å². The molecule has 180 valence electrons. The van der Waals surface area contributed by atoms with Gasteiger partial charge in [-0.15, -0.1) is 0 Å². The number of nitrogens with one attached hydrogen (secondary N) is 1. The number of ether oxygens (including phenoxy) is 3. The summed E-state index contributed by atoms with van der Waals surface area (Å²) in [7, 11) is 0. The predicted molar refractivity (Wildman–Crippen MR) is 123 cm³/mol. The van der Waals surface area contributed by atoms with Gasteiger partial charge in [0.2, 0.25) is 0 Å². The molecule has 0 spiro atoms. The maximum atomic E-state index is 12.5. The first-order valence-corrected chi connectivity index (χ1v) is 11.3. The summed E-state index contributed by atoms with van der Waals surface area (Å²) in [6, 6.07) is 9.34. The van der Waals surface area contributed by atoms with Gasteiger partial charge in [0.1, 0.15) is 18.9 Å². The maximum absolute atomic E-state index is 12.5. The molecule has 0 saturated carbocycles. The molecule has 0 aromatic heterocycles. The molecule has 1 atom stereocenters. The summed E-state index contributed by atoms with van der Waals surface area (Å²) in [5.41, 5.74) is 1.19. The quantitative estimate of drug-likeness (QED) is 0.372. The number of nitro benzene ring substituents is 1. The van der Waals surface area contributed by atoms with Crippen molar-refractivity contribution >= 4 is 23.3 Å². The van der Waals surface area contributed by atoms with Crippen molar-refractivity contribution in [2.75, 3.05) is 37.8 Å². The highest BCUT2D eigenvalue weighted by molar-refractivity contribution is 5.93. The van der Waals surface area contributed by atoms with Crippen LogP contribution < -0.4 is 19.7 Å². The van der Waals surface area contributed by atoms with Gasteiger partial charge >= 0.3 is 5.97 Å². The lowest BCUT2D eigenvalue weighted by atomic mass is 10.1. The van der Waals surface area contributed by atoms with Crippen molar-refractivity contribution in [3.05, 3.63) is 57.6 Å². The second-order valence-electron chi connectivity index (χ2n) is 8.28. The zero-order valence-electron chi connectivity index (χ0n) is 19.0. The molecule has 2 aromatic rings. The van der Waals surface area contributed by atoms with Gasteiger partial charge in [-0.05, 0) is 56.0 Å². The molecule has 1 fully saturated rings. The second-order valence-corrected chi connectivity index (χ2v) is 8.28. The van der Waals surface area contributed by atoms with Crippen molar-refractivity contribution in [3.8, 4) is 11.5 Å². The summed E-state index contributed by atoms with van der Waals surface area (Å²) in [5.74, 6) is -0.0145. The average Bonchev–Trinajstić information content (AvgIpc) is 2.87. The van der Waals surface area contributed by atoms with Crippen molar-refractivity contribution in [3.63, 3.8) is 0 Å². The molecule has 34 heavy (non-hydrogen) atoms. The van der Waals surface area contributed by atoms with Crippen LogP contribution in [0, 0.1) is 10.1 Å². The standard InChI is InChI=1S/C24H27N3O7/c1-16(17-6-8-21-22(14-17)33-12-11-32-21)25-23(28)15-34-24(29)18-5-7-19(20(13-18)27(30)31)26-9-3-2-4-10-26/h5-8,13-14,16H,2-4,9-12,15H2,1H3,(H,25,28). The van der Waals surface area contributed by atoms with Crippen LogP contribution >= 0.6 is 0 Å². The molecule has 4 rings (SSSR count). The first-order valence-electron chi connectivity index (χ1n) is 11.3. The van der Waals surface area contributed by atoms with Gasteiger partial charge in [-0.3, -0.25) is 14.9 Å². The highest BCUT2D eigenvalue weighted by atomic mass is 16.6. The number of amides is 1. The zero-order chi connectivity index (χ0) is 24.1. The highest BCUT2D eigenvalue weighted by Gasteiger charge is 2.24. The number of piperidine rings is 1. The molecule has 0 aliphatic carbocycles. The Kier molecular flexibility index (Phi) is 7.15. The Morgan fingerprint density at radius 2 is 1.82 bits per heavy atom. The molecule has 2 aliphatic rings. The normalized spacial score (nSPS) is 15.9. The minimum absolute atomic E-state index is 0.0279. The number of carbonyl (C=O) groups excluding carboxylic acids is 2. The van der Waals surface area contributed by atoms with Crippen LogP contribution in [-0.4, -0.2) is 49.7 Å². The second kappa shape index (κ2) is 10.4. The molecule has 1 N–H and O–H groups in total. The van der Waals surface area contributed by atoms with Gasteiger partial charge in [0.05, 0.1) is 16.5 Å². The number of anilines is 1. The number of esters is 1. The highest BCUT2D eigenvalue weighted by Crippen LogP contribution is 2.33. The third-order valence-electron chi connectivity index (χ3n) is 5.88. The first kappa shape index (κ1) is 23.3. The molecule has 0 bridgehead atoms. The van der Waals surface area contributed by atoms with E-state index >= 15 is 0 Å². The summed E-state index contributed by atoms with van der Waals surface area (Å²) in [4.78, 5) is 37.8. The molecule has 2 heterocycles. The van der Waals surface area contributed by atoms with E-state index in [-0.39, 0.29) is 17.3 Å². The van der Waals surface area contributed by atoms with Gasteiger partial charge in [-0.1, -0.05) is 6.07 Å². The van der Waals surface area contributed by atoms with Gasteiger partial charge in [0.25, 0.3) is 11.6 Å². The zero-order valence-corrected chi connectivity index (χ0v) is 19.0. The number of hydrogen-bond donors (Lipinski definition) is 1. The summed E-state index contributed by atoms with van der Waals surface area (Å²) in [6.45, 7) is 3.74. The van der Waals surface area contributed by atoms with Crippen LogP contribution in [0.2, 0.25) is 0 Å². The fourth-order valence-corrected chi connectivity index (χ4v) is 4.11. The average molecular weight is 469 g/mol. The van der Waals surface area contributed by atoms with Crippen LogP contribution in [0.4, 0.5) is 11.4 Å². The van der Waals surface area contributed by atoms with E-state index in [0.717, 1.165) is 37.9 Å². The van der Waals surface area contributed by atoms with E-state index in [1.54, 1.807) is 25.1 Å². The van der Waals surface area contributed by atoms with E-state index in [4.69, 9.17) is 14.2 Å². The molecular formula is C24H27N3O7. The third kappa shape index (κ3) is 5.38. The fourth-order valence-electron chi connectivity index (χ4n) is 4.11. The van der Waals surface area contributed by atoms with Gasteiger partial charge in [0.15, 0.2) is 18.1 Å². The molecule has 1 unspecified atom stereocenters. The van der Waals surface area contributed by atoms with Crippen LogP contribution in [0.3, 0.4) is 0 Å². The minimum Gasteiger partial charge on any atom is -0.486 e. The Hall–Kier alpha value is -3.82. The van der Waals surface area contributed by atoms with E-state index in [0.29, 0.717) is 30.4 Å². The van der Waals surface area contributed by atoms with E-state index in [1.165, 1.54) is 12.1 Å². The van der Waals surface area contributed by atoms with E-state index in [9.17, 15) is 19.7 Å². The van der Waals surface area contributed by atoms with E-state index in [1.807, 2.05) is 11.0 Å². The van der Waals surface area contributed by atoms with Crippen LogP contribution in [-0.2, 0) is 9.53 Å². The lowest BCUT2D eigenvalue weighted by molar-refractivity contribution is -0.384. The first-order chi connectivity index (χ1) is 16.4. The lowest BCUT2D eigenvalue weighted by Gasteiger charge is -2.28. The Bertz CT molecular complexity index is 1080. The number of rotatable bonds is 7. The monoisotopic (exact) mass is 469 g/mol.